The lowest BCUT2D eigenvalue weighted by molar-refractivity contribution is -0.115. The van der Waals surface area contributed by atoms with E-state index in [0.717, 1.165) is 36.1 Å². The summed E-state index contributed by atoms with van der Waals surface area (Å²) in [6, 6.07) is 4.27. The van der Waals surface area contributed by atoms with Gasteiger partial charge < -0.3 is 10.1 Å². The molecule has 0 radical (unpaired) electrons. The van der Waals surface area contributed by atoms with Crippen molar-refractivity contribution in [3.8, 4) is 16.9 Å². The molecule has 3 amide bonds. The zero-order valence-corrected chi connectivity index (χ0v) is 19.7. The fourth-order valence-corrected chi connectivity index (χ4v) is 4.80. The number of amides is 3. The molecule has 5 nitrogen and oxygen atoms in total. The summed E-state index contributed by atoms with van der Waals surface area (Å²) in [6.45, 7) is 10.6. The van der Waals surface area contributed by atoms with E-state index in [4.69, 9.17) is 4.74 Å². The molecule has 2 aromatic carbocycles. The third-order valence-electron chi connectivity index (χ3n) is 6.89. The highest BCUT2D eigenvalue weighted by Gasteiger charge is 2.38. The molecule has 4 rings (SSSR count). The number of imide groups is 1. The molecule has 174 valence electrons. The van der Waals surface area contributed by atoms with Crippen molar-refractivity contribution in [1.82, 2.24) is 10.6 Å². The van der Waals surface area contributed by atoms with Gasteiger partial charge in [-0.15, -0.1) is 0 Å². The molecular weight excluding hydrogens is 426 g/mol. The van der Waals surface area contributed by atoms with Gasteiger partial charge in [0.25, 0.3) is 5.91 Å². The number of ether oxygens (including phenoxy) is 1. The Bertz CT molecular complexity index is 1230. The number of carbonyl (C=O) groups excluding carboxylic acids is 2. The highest BCUT2D eigenvalue weighted by molar-refractivity contribution is 6.14. The molecule has 0 unspecified atom stereocenters. The van der Waals surface area contributed by atoms with Gasteiger partial charge in [-0.3, -0.25) is 10.1 Å². The van der Waals surface area contributed by atoms with E-state index in [1.54, 1.807) is 0 Å². The van der Waals surface area contributed by atoms with Crippen molar-refractivity contribution in [2.24, 2.45) is 0 Å². The van der Waals surface area contributed by atoms with Crippen LogP contribution in [0.5, 0.6) is 5.75 Å². The van der Waals surface area contributed by atoms with Crippen molar-refractivity contribution in [2.45, 2.75) is 58.3 Å². The number of halogens is 2. The van der Waals surface area contributed by atoms with Gasteiger partial charge in [-0.25, -0.2) is 13.6 Å². The summed E-state index contributed by atoms with van der Waals surface area (Å²) in [5.41, 5.74) is 3.18. The summed E-state index contributed by atoms with van der Waals surface area (Å²) < 4.78 is 36.2. The first-order chi connectivity index (χ1) is 15.4. The number of nitrogens with one attached hydrogen (secondary N) is 2. The first-order valence-electron chi connectivity index (χ1n) is 10.9. The van der Waals surface area contributed by atoms with Crippen molar-refractivity contribution in [3.63, 3.8) is 0 Å². The van der Waals surface area contributed by atoms with E-state index < -0.39 is 23.6 Å². The predicted molar refractivity (Wildman–Crippen MR) is 123 cm³/mol. The SMILES string of the molecule is COc1c(F)cc(C=C2NC(=O)NC2=O)c(F)c1-c1cc2c(cc1C)C(C)(C)CCC2(C)C. The number of benzene rings is 2. The quantitative estimate of drug-likeness (QED) is 0.477. The zero-order valence-electron chi connectivity index (χ0n) is 19.7. The number of carbonyl (C=O) groups is 2. The Hall–Kier alpha value is -3.22. The topological polar surface area (TPSA) is 67.4 Å². The number of hydrogen-bond acceptors (Lipinski definition) is 3. The van der Waals surface area contributed by atoms with Crippen LogP contribution in [0.15, 0.2) is 23.9 Å². The fourth-order valence-electron chi connectivity index (χ4n) is 4.80. The van der Waals surface area contributed by atoms with E-state index in [-0.39, 0.29) is 33.4 Å². The molecule has 0 bridgehead atoms. The summed E-state index contributed by atoms with van der Waals surface area (Å²) >= 11 is 0. The number of urea groups is 1. The second-order valence-electron chi connectivity index (χ2n) is 10.1. The van der Waals surface area contributed by atoms with Crippen LogP contribution >= 0.6 is 0 Å². The van der Waals surface area contributed by atoms with E-state index in [9.17, 15) is 9.59 Å². The maximum atomic E-state index is 15.9. The lowest BCUT2D eigenvalue weighted by Crippen LogP contribution is -2.34. The van der Waals surface area contributed by atoms with Gasteiger partial charge in [0.05, 0.1) is 12.7 Å². The molecule has 0 atom stereocenters. The second kappa shape index (κ2) is 7.68. The number of methoxy groups -OCH3 is 1. The van der Waals surface area contributed by atoms with Crippen molar-refractivity contribution in [3.05, 3.63) is 57.8 Å². The van der Waals surface area contributed by atoms with E-state index in [1.165, 1.54) is 12.7 Å². The third kappa shape index (κ3) is 3.79. The van der Waals surface area contributed by atoms with Gasteiger partial charge in [0.2, 0.25) is 0 Å². The third-order valence-corrected chi connectivity index (χ3v) is 6.89. The normalized spacial score (nSPS) is 19.8. The maximum Gasteiger partial charge on any atom is 0.326 e. The minimum atomic E-state index is -0.762. The molecule has 7 heteroatoms. The smallest absolute Gasteiger partial charge is 0.326 e. The van der Waals surface area contributed by atoms with Gasteiger partial charge in [-0.2, -0.15) is 0 Å². The minimum absolute atomic E-state index is 0.00596. The summed E-state index contributed by atoms with van der Waals surface area (Å²) in [5.74, 6) is -2.40. The standard InChI is InChI=1S/C26H28F2N2O3/c1-13-9-16-17(26(4,5)8-7-25(16,2)3)12-15(13)20-21(28)14(10-18(27)22(20)33-6)11-19-23(31)30-24(32)29-19/h9-12H,7-8H2,1-6H3,(H2,29,30,31,32). The number of hydrogen-bond donors (Lipinski definition) is 2. The molecular formula is C26H28F2N2O3. The van der Waals surface area contributed by atoms with E-state index in [2.05, 4.69) is 44.4 Å². The minimum Gasteiger partial charge on any atom is -0.493 e. The number of rotatable bonds is 3. The summed E-state index contributed by atoms with van der Waals surface area (Å²) in [6.07, 6.45) is 3.14. The van der Waals surface area contributed by atoms with Crippen molar-refractivity contribution in [2.75, 3.05) is 7.11 Å². The van der Waals surface area contributed by atoms with Crippen LogP contribution in [0.4, 0.5) is 13.6 Å². The molecule has 1 aliphatic carbocycles. The monoisotopic (exact) mass is 454 g/mol. The molecule has 1 heterocycles. The molecule has 1 saturated heterocycles. The molecule has 0 saturated carbocycles. The predicted octanol–water partition coefficient (Wildman–Crippen LogP) is 5.48. The Morgan fingerprint density at radius 2 is 1.58 bits per heavy atom. The van der Waals surface area contributed by atoms with Gasteiger partial charge in [0.1, 0.15) is 11.5 Å². The van der Waals surface area contributed by atoms with Gasteiger partial charge in [0, 0.05) is 5.56 Å². The van der Waals surface area contributed by atoms with Gasteiger partial charge in [-0.1, -0.05) is 33.8 Å². The Morgan fingerprint density at radius 3 is 2.12 bits per heavy atom. The van der Waals surface area contributed by atoms with Crippen LogP contribution in [0.3, 0.4) is 0 Å². The average Bonchev–Trinajstić information content (AvgIpc) is 3.04. The summed E-state index contributed by atoms with van der Waals surface area (Å²) in [5, 5.41) is 4.35. The van der Waals surface area contributed by atoms with Crippen LogP contribution in [-0.4, -0.2) is 19.0 Å². The molecule has 1 aliphatic heterocycles. The highest BCUT2D eigenvalue weighted by atomic mass is 19.1. The molecule has 0 aromatic heterocycles. The van der Waals surface area contributed by atoms with Crippen LogP contribution in [-0.2, 0) is 15.6 Å². The van der Waals surface area contributed by atoms with E-state index in [1.807, 2.05) is 13.0 Å². The summed E-state index contributed by atoms with van der Waals surface area (Å²) in [4.78, 5) is 23.3. The Kier molecular flexibility index (Phi) is 5.34. The number of aryl methyl sites for hydroxylation is 1. The summed E-state index contributed by atoms with van der Waals surface area (Å²) in [7, 11) is 1.30. The van der Waals surface area contributed by atoms with E-state index in [0.29, 0.717) is 5.56 Å². The molecule has 33 heavy (non-hydrogen) atoms. The second-order valence-corrected chi connectivity index (χ2v) is 10.1. The lowest BCUT2D eigenvalue weighted by atomic mass is 9.62. The first-order valence-corrected chi connectivity index (χ1v) is 10.9. The highest BCUT2D eigenvalue weighted by Crippen LogP contribution is 2.49. The molecule has 2 aromatic rings. The van der Waals surface area contributed by atoms with Crippen LogP contribution in [0.25, 0.3) is 17.2 Å². The van der Waals surface area contributed by atoms with Crippen molar-refractivity contribution >= 4 is 18.0 Å². The van der Waals surface area contributed by atoms with Crippen LogP contribution < -0.4 is 15.4 Å². The Morgan fingerprint density at radius 1 is 0.970 bits per heavy atom. The van der Waals surface area contributed by atoms with Crippen molar-refractivity contribution < 1.29 is 23.1 Å². The van der Waals surface area contributed by atoms with Crippen molar-refractivity contribution in [1.29, 1.82) is 0 Å². The van der Waals surface area contributed by atoms with Gasteiger partial charge >= 0.3 is 6.03 Å². The van der Waals surface area contributed by atoms with Gasteiger partial charge in [-0.05, 0) is 71.1 Å². The molecule has 2 aliphatic rings. The van der Waals surface area contributed by atoms with E-state index >= 15 is 8.78 Å². The van der Waals surface area contributed by atoms with Crippen LogP contribution in [0.2, 0.25) is 0 Å². The Labute approximate surface area is 192 Å². The first kappa shape index (κ1) is 23.0. The van der Waals surface area contributed by atoms with Crippen LogP contribution in [0.1, 0.15) is 62.8 Å². The Balaban J connectivity index is 1.98. The lowest BCUT2D eigenvalue weighted by Gasteiger charge is -2.42. The zero-order chi connectivity index (χ0) is 24.3. The fraction of sp³-hybridized carbons (Fsp3) is 0.385. The molecule has 1 fully saturated rings. The molecule has 0 spiro atoms. The average molecular weight is 455 g/mol. The molecule has 2 N–H and O–H groups in total. The maximum absolute atomic E-state index is 15.9. The van der Waals surface area contributed by atoms with Crippen LogP contribution in [0, 0.1) is 18.6 Å². The largest absolute Gasteiger partial charge is 0.493 e. The number of fused-ring (bicyclic) bond motifs is 1. The van der Waals surface area contributed by atoms with Gasteiger partial charge in [0.15, 0.2) is 11.6 Å².